The molecule has 54 heavy (non-hydrogen) atoms. The minimum Gasteiger partial charge on any atom is -0.457 e. The van der Waals surface area contributed by atoms with Crippen LogP contribution in [0.25, 0.3) is 44.2 Å². The predicted molar refractivity (Wildman–Crippen MR) is 217 cm³/mol. The van der Waals surface area contributed by atoms with Gasteiger partial charge in [-0.15, -0.1) is 0 Å². The van der Waals surface area contributed by atoms with Gasteiger partial charge in [0.05, 0.1) is 16.8 Å². The third-order valence-corrected chi connectivity index (χ3v) is 12.9. The van der Waals surface area contributed by atoms with Crippen LogP contribution in [0.1, 0.15) is 45.9 Å². The second kappa shape index (κ2) is 9.77. The summed E-state index contributed by atoms with van der Waals surface area (Å²) < 4.78 is 13.6. The molecule has 0 N–H and O–H groups in total. The van der Waals surface area contributed by atoms with Gasteiger partial charge < -0.3 is 14.1 Å². The molecule has 2 unspecified atom stereocenters. The zero-order valence-electron chi connectivity index (χ0n) is 29.4. The van der Waals surface area contributed by atoms with E-state index >= 15 is 0 Å². The van der Waals surface area contributed by atoms with Crippen molar-refractivity contribution in [2.75, 3.05) is 4.90 Å². The molecule has 1 spiro atoms. The van der Waals surface area contributed by atoms with Crippen LogP contribution >= 0.6 is 0 Å². The van der Waals surface area contributed by atoms with Gasteiger partial charge in [-0.2, -0.15) is 0 Å². The number of fused-ring (bicyclic) bond motifs is 10. The van der Waals surface area contributed by atoms with Crippen molar-refractivity contribution in [2.24, 2.45) is 0 Å². The van der Waals surface area contributed by atoms with Gasteiger partial charge in [0.1, 0.15) is 22.7 Å². The van der Waals surface area contributed by atoms with Crippen LogP contribution in [0.4, 0.5) is 17.1 Å². The average Bonchev–Trinajstić information content (AvgIpc) is 3.71. The zero-order chi connectivity index (χ0) is 35.3. The van der Waals surface area contributed by atoms with Gasteiger partial charge in [-0.3, -0.25) is 0 Å². The maximum atomic E-state index is 6.86. The first-order valence-corrected chi connectivity index (χ1v) is 18.7. The lowest BCUT2D eigenvalue weighted by atomic mass is 9.58. The van der Waals surface area contributed by atoms with E-state index in [4.69, 9.17) is 9.15 Å². The number of para-hydroxylation sites is 2. The minimum atomic E-state index is -0.677. The van der Waals surface area contributed by atoms with E-state index in [0.29, 0.717) is 0 Å². The topological polar surface area (TPSA) is 25.6 Å². The monoisotopic (exact) mass is 689 g/mol. The molecule has 3 heteroatoms. The second-order valence-corrected chi connectivity index (χ2v) is 15.4. The largest absolute Gasteiger partial charge is 0.457 e. The van der Waals surface area contributed by atoms with Crippen LogP contribution in [0, 0.1) is 0 Å². The number of benzene rings is 8. The molecular formula is C51H31NO2. The number of ether oxygens (including phenoxy) is 1. The van der Waals surface area contributed by atoms with Gasteiger partial charge in [-0.05, 0) is 112 Å². The first kappa shape index (κ1) is 28.7. The predicted octanol–water partition coefficient (Wildman–Crippen LogP) is 13.2. The van der Waals surface area contributed by atoms with E-state index in [1.165, 1.54) is 61.3 Å². The smallest absolute Gasteiger partial charge is 0.135 e. The quantitative estimate of drug-likeness (QED) is 0.181. The van der Waals surface area contributed by atoms with Crippen LogP contribution in [0.15, 0.2) is 174 Å². The highest BCUT2D eigenvalue weighted by Crippen LogP contribution is 2.67. The lowest BCUT2D eigenvalue weighted by Crippen LogP contribution is -2.41. The molecule has 8 aromatic carbocycles. The third-order valence-electron chi connectivity index (χ3n) is 12.9. The Bertz CT molecular complexity index is 3100. The molecule has 3 nitrogen and oxygen atoms in total. The minimum absolute atomic E-state index is 0.329. The average molecular weight is 690 g/mol. The Balaban J connectivity index is 1.22. The van der Waals surface area contributed by atoms with Crippen LogP contribution < -0.4 is 9.64 Å². The van der Waals surface area contributed by atoms with Crippen molar-refractivity contribution < 1.29 is 9.15 Å². The van der Waals surface area contributed by atoms with Crippen LogP contribution in [0.5, 0.6) is 11.5 Å². The van der Waals surface area contributed by atoms with Crippen LogP contribution in [-0.4, -0.2) is 0 Å². The maximum Gasteiger partial charge on any atom is 0.135 e. The summed E-state index contributed by atoms with van der Waals surface area (Å²) >= 11 is 0. The molecule has 4 aliphatic rings. The fraction of sp³-hybridized carbons (Fsp3) is 0.0588. The fourth-order valence-electron chi connectivity index (χ4n) is 10.5. The molecule has 0 saturated carbocycles. The molecule has 0 saturated heterocycles. The number of furan rings is 1. The van der Waals surface area contributed by atoms with Crippen LogP contribution in [0.2, 0.25) is 0 Å². The summed E-state index contributed by atoms with van der Waals surface area (Å²) in [6.07, 6.45) is 0. The van der Waals surface area contributed by atoms with Crippen molar-refractivity contribution in [3.05, 3.63) is 209 Å². The number of anilines is 3. The van der Waals surface area contributed by atoms with Crippen LogP contribution in [-0.2, 0) is 10.8 Å². The Morgan fingerprint density at radius 1 is 0.444 bits per heavy atom. The second-order valence-electron chi connectivity index (χ2n) is 15.4. The SMILES string of the molecule is CC12c3ccc4c(c3)C3(c5ccccc5O4)c4cc1c(cc4N(c1ccc(-c4ccccc4)cc1)c1cc4c(cc13)oc1ccccc14)-c1ccccc12. The Morgan fingerprint density at radius 2 is 1.15 bits per heavy atom. The van der Waals surface area contributed by atoms with Gasteiger partial charge in [-0.1, -0.05) is 115 Å². The van der Waals surface area contributed by atoms with Crippen molar-refractivity contribution in [3.63, 3.8) is 0 Å². The highest BCUT2D eigenvalue weighted by atomic mass is 16.5. The molecule has 0 amide bonds. The lowest BCUT2D eigenvalue weighted by Gasteiger charge is -2.50. The van der Waals surface area contributed by atoms with E-state index < -0.39 is 5.41 Å². The van der Waals surface area contributed by atoms with Crippen molar-refractivity contribution in [1.29, 1.82) is 0 Å². The summed E-state index contributed by atoms with van der Waals surface area (Å²) in [5, 5.41) is 2.22. The van der Waals surface area contributed by atoms with E-state index in [9.17, 15) is 0 Å². The highest BCUT2D eigenvalue weighted by molar-refractivity contribution is 6.09. The van der Waals surface area contributed by atoms with Crippen molar-refractivity contribution in [3.8, 4) is 33.8 Å². The van der Waals surface area contributed by atoms with Gasteiger partial charge in [0.25, 0.3) is 0 Å². The fourth-order valence-corrected chi connectivity index (χ4v) is 10.5. The van der Waals surface area contributed by atoms with E-state index in [-0.39, 0.29) is 5.41 Å². The van der Waals surface area contributed by atoms with Gasteiger partial charge in [0.15, 0.2) is 0 Å². The number of rotatable bonds is 2. The van der Waals surface area contributed by atoms with Gasteiger partial charge in [0.2, 0.25) is 0 Å². The molecule has 1 aromatic heterocycles. The molecule has 13 rings (SSSR count). The van der Waals surface area contributed by atoms with Crippen molar-refractivity contribution in [2.45, 2.75) is 17.8 Å². The maximum absolute atomic E-state index is 6.86. The highest BCUT2D eigenvalue weighted by Gasteiger charge is 2.55. The number of nitrogens with zero attached hydrogens (tertiary/aromatic N) is 1. The zero-order valence-corrected chi connectivity index (χ0v) is 29.4. The normalized spacial score (nSPS) is 19.1. The molecule has 2 aliphatic heterocycles. The van der Waals surface area contributed by atoms with Crippen molar-refractivity contribution in [1.82, 2.24) is 0 Å². The van der Waals surface area contributed by atoms with Gasteiger partial charge >= 0.3 is 0 Å². The Morgan fingerprint density at radius 3 is 2.04 bits per heavy atom. The molecule has 3 heterocycles. The van der Waals surface area contributed by atoms with Gasteiger partial charge in [0, 0.05) is 33.0 Å². The molecule has 0 fully saturated rings. The summed E-state index contributed by atoms with van der Waals surface area (Å²) in [6.45, 7) is 2.41. The molecule has 4 bridgehead atoms. The number of hydrogen-bond acceptors (Lipinski definition) is 3. The molecular weight excluding hydrogens is 659 g/mol. The Hall–Kier alpha value is -6.84. The molecule has 2 aliphatic carbocycles. The summed E-state index contributed by atoms with van der Waals surface area (Å²) in [5.41, 5.74) is 17.9. The summed E-state index contributed by atoms with van der Waals surface area (Å²) in [7, 11) is 0. The lowest BCUT2D eigenvalue weighted by molar-refractivity contribution is 0.432. The molecule has 9 aromatic rings. The molecule has 0 radical (unpaired) electrons. The summed E-state index contributed by atoms with van der Waals surface area (Å²) in [6, 6.07) is 62.5. The Kier molecular flexibility index (Phi) is 5.19. The van der Waals surface area contributed by atoms with E-state index in [0.717, 1.165) is 50.4 Å². The third kappa shape index (κ3) is 3.31. The van der Waals surface area contributed by atoms with E-state index in [2.05, 4.69) is 182 Å². The summed E-state index contributed by atoms with van der Waals surface area (Å²) in [4.78, 5) is 2.51. The number of hydrogen-bond donors (Lipinski definition) is 0. The van der Waals surface area contributed by atoms with Crippen molar-refractivity contribution >= 4 is 39.0 Å². The Labute approximate surface area is 312 Å². The molecule has 2 atom stereocenters. The standard InChI is InChI=1S/C51H31NO2/c1-50-32-21-24-48-43(25-32)51(39-16-8-10-18-47(39)54-48)41-28-40(50)36(34-13-5-7-15-38(34)50)26-44(41)52(33-22-19-31(20-23-33)30-11-3-2-4-12-30)45-27-37-35-14-6-9-17-46(35)53-49(37)29-42(45)51/h2-29H,1H3. The first-order chi connectivity index (χ1) is 26.6. The summed E-state index contributed by atoms with van der Waals surface area (Å²) in [5.74, 6) is 1.77. The van der Waals surface area contributed by atoms with Crippen LogP contribution in [0.3, 0.4) is 0 Å². The van der Waals surface area contributed by atoms with E-state index in [1.807, 2.05) is 0 Å². The first-order valence-electron chi connectivity index (χ1n) is 18.7. The van der Waals surface area contributed by atoms with E-state index in [1.54, 1.807) is 0 Å². The molecule has 252 valence electrons. The van der Waals surface area contributed by atoms with Gasteiger partial charge in [-0.25, -0.2) is 0 Å².